The number of amides is 2. The standard InChI is InChI=1S/C12H23N3O2/c1-9(8-13)7-10(16)15-6-5-14(4)11(17)12(15,2)3/h9H,5-8,13H2,1-4H3. The van der Waals surface area contributed by atoms with Crippen molar-refractivity contribution in [3.8, 4) is 0 Å². The smallest absolute Gasteiger partial charge is 0.247 e. The molecule has 0 spiro atoms. The maximum atomic E-state index is 12.1. The van der Waals surface area contributed by atoms with Crippen LogP contribution in [-0.2, 0) is 9.59 Å². The van der Waals surface area contributed by atoms with Gasteiger partial charge in [-0.2, -0.15) is 0 Å². The predicted octanol–water partition coefficient (Wildman–Crippen LogP) is 0.0505. The van der Waals surface area contributed by atoms with Gasteiger partial charge in [0.1, 0.15) is 5.54 Å². The van der Waals surface area contributed by atoms with Crippen molar-refractivity contribution in [2.45, 2.75) is 32.7 Å². The Morgan fingerprint density at radius 3 is 2.59 bits per heavy atom. The highest BCUT2D eigenvalue weighted by atomic mass is 16.2. The summed E-state index contributed by atoms with van der Waals surface area (Å²) in [4.78, 5) is 27.5. The van der Waals surface area contributed by atoms with Crippen LogP contribution in [0.1, 0.15) is 27.2 Å². The lowest BCUT2D eigenvalue weighted by atomic mass is 9.96. The molecule has 1 heterocycles. The van der Waals surface area contributed by atoms with Crippen molar-refractivity contribution in [3.63, 3.8) is 0 Å². The number of piperazine rings is 1. The van der Waals surface area contributed by atoms with E-state index in [1.54, 1.807) is 30.7 Å². The van der Waals surface area contributed by atoms with Gasteiger partial charge in [0.15, 0.2) is 0 Å². The number of carbonyl (C=O) groups excluding carboxylic acids is 2. The number of hydrogen-bond donors (Lipinski definition) is 1. The third-order valence-corrected chi connectivity index (χ3v) is 3.43. The Kier molecular flexibility index (Phi) is 4.14. The fourth-order valence-corrected chi connectivity index (χ4v) is 2.14. The Morgan fingerprint density at radius 2 is 2.06 bits per heavy atom. The number of likely N-dealkylation sites (N-methyl/N-ethyl adjacent to an activating group) is 1. The van der Waals surface area contributed by atoms with Crippen molar-refractivity contribution in [2.24, 2.45) is 11.7 Å². The molecule has 0 aromatic heterocycles. The second kappa shape index (κ2) is 5.04. The van der Waals surface area contributed by atoms with Crippen LogP contribution < -0.4 is 5.73 Å². The number of hydrogen-bond acceptors (Lipinski definition) is 3. The van der Waals surface area contributed by atoms with Crippen LogP contribution in [0, 0.1) is 5.92 Å². The van der Waals surface area contributed by atoms with Crippen molar-refractivity contribution in [1.29, 1.82) is 0 Å². The fraction of sp³-hybridized carbons (Fsp3) is 0.833. The van der Waals surface area contributed by atoms with Gasteiger partial charge in [-0.15, -0.1) is 0 Å². The van der Waals surface area contributed by atoms with Gasteiger partial charge in [0.25, 0.3) is 0 Å². The third kappa shape index (κ3) is 2.77. The van der Waals surface area contributed by atoms with E-state index in [9.17, 15) is 9.59 Å². The van der Waals surface area contributed by atoms with E-state index in [1.165, 1.54) is 0 Å². The lowest BCUT2D eigenvalue weighted by molar-refractivity contribution is -0.157. The first-order valence-corrected chi connectivity index (χ1v) is 6.06. The molecule has 1 aliphatic heterocycles. The highest BCUT2D eigenvalue weighted by Gasteiger charge is 2.42. The van der Waals surface area contributed by atoms with Gasteiger partial charge in [-0.05, 0) is 26.3 Å². The maximum absolute atomic E-state index is 12.1. The van der Waals surface area contributed by atoms with Gasteiger partial charge < -0.3 is 15.5 Å². The number of rotatable bonds is 3. The summed E-state index contributed by atoms with van der Waals surface area (Å²) >= 11 is 0. The zero-order valence-corrected chi connectivity index (χ0v) is 11.2. The number of carbonyl (C=O) groups is 2. The molecule has 2 amide bonds. The predicted molar refractivity (Wildman–Crippen MR) is 66.3 cm³/mol. The molecule has 0 bridgehead atoms. The van der Waals surface area contributed by atoms with E-state index in [1.807, 2.05) is 6.92 Å². The van der Waals surface area contributed by atoms with E-state index in [2.05, 4.69) is 0 Å². The largest absolute Gasteiger partial charge is 0.342 e. The van der Waals surface area contributed by atoms with Gasteiger partial charge in [0, 0.05) is 26.6 Å². The van der Waals surface area contributed by atoms with Crippen molar-refractivity contribution < 1.29 is 9.59 Å². The van der Waals surface area contributed by atoms with Crippen molar-refractivity contribution >= 4 is 11.8 Å². The molecule has 0 radical (unpaired) electrons. The summed E-state index contributed by atoms with van der Waals surface area (Å²) in [7, 11) is 1.77. The summed E-state index contributed by atoms with van der Waals surface area (Å²) in [6, 6.07) is 0. The van der Waals surface area contributed by atoms with Gasteiger partial charge in [0.05, 0.1) is 0 Å². The van der Waals surface area contributed by atoms with E-state index >= 15 is 0 Å². The summed E-state index contributed by atoms with van der Waals surface area (Å²) in [5, 5.41) is 0. The molecule has 0 aromatic carbocycles. The van der Waals surface area contributed by atoms with Crippen molar-refractivity contribution in [1.82, 2.24) is 9.80 Å². The minimum absolute atomic E-state index is 0.00231. The van der Waals surface area contributed by atoms with Gasteiger partial charge in [-0.25, -0.2) is 0 Å². The lowest BCUT2D eigenvalue weighted by Gasteiger charge is -2.45. The van der Waals surface area contributed by atoms with E-state index in [4.69, 9.17) is 5.73 Å². The Morgan fingerprint density at radius 1 is 1.47 bits per heavy atom. The van der Waals surface area contributed by atoms with Crippen LogP contribution in [0.15, 0.2) is 0 Å². The Balaban J connectivity index is 2.77. The first kappa shape index (κ1) is 14.0. The summed E-state index contributed by atoms with van der Waals surface area (Å²) < 4.78 is 0. The van der Waals surface area contributed by atoms with Crippen LogP contribution in [0.2, 0.25) is 0 Å². The SMILES string of the molecule is CC(CN)CC(=O)N1CCN(C)C(=O)C1(C)C. The summed E-state index contributed by atoms with van der Waals surface area (Å²) in [5.41, 5.74) is 4.78. The summed E-state index contributed by atoms with van der Waals surface area (Å²) in [5.74, 6) is 0.181. The van der Waals surface area contributed by atoms with E-state index in [0.29, 0.717) is 26.1 Å². The zero-order valence-electron chi connectivity index (χ0n) is 11.2. The van der Waals surface area contributed by atoms with Gasteiger partial charge >= 0.3 is 0 Å². The average Bonchev–Trinajstić information content (AvgIpc) is 2.25. The van der Waals surface area contributed by atoms with Gasteiger partial charge in [0.2, 0.25) is 11.8 Å². The molecule has 0 aromatic rings. The monoisotopic (exact) mass is 241 g/mol. The second-order valence-corrected chi connectivity index (χ2v) is 5.38. The van der Waals surface area contributed by atoms with E-state index < -0.39 is 5.54 Å². The van der Waals surface area contributed by atoms with Crippen LogP contribution in [0.5, 0.6) is 0 Å². The topological polar surface area (TPSA) is 66.6 Å². The fourth-order valence-electron chi connectivity index (χ4n) is 2.14. The van der Waals surface area contributed by atoms with E-state index in [-0.39, 0.29) is 17.7 Å². The quantitative estimate of drug-likeness (QED) is 0.759. The number of nitrogens with zero attached hydrogens (tertiary/aromatic N) is 2. The molecule has 0 aliphatic carbocycles. The Bertz CT molecular complexity index is 315. The molecule has 1 fully saturated rings. The van der Waals surface area contributed by atoms with Crippen LogP contribution in [0.25, 0.3) is 0 Å². The zero-order chi connectivity index (χ0) is 13.2. The van der Waals surface area contributed by atoms with Crippen LogP contribution in [0.3, 0.4) is 0 Å². The Hall–Kier alpha value is -1.10. The summed E-state index contributed by atoms with van der Waals surface area (Å²) in [6.07, 6.45) is 0.414. The first-order valence-electron chi connectivity index (χ1n) is 6.06. The third-order valence-electron chi connectivity index (χ3n) is 3.43. The molecule has 1 rings (SSSR count). The van der Waals surface area contributed by atoms with Gasteiger partial charge in [-0.1, -0.05) is 6.92 Å². The minimum atomic E-state index is -0.738. The lowest BCUT2D eigenvalue weighted by Crippen LogP contribution is -2.63. The van der Waals surface area contributed by atoms with Gasteiger partial charge in [-0.3, -0.25) is 9.59 Å². The average molecular weight is 241 g/mol. The molecule has 98 valence electrons. The molecule has 1 saturated heterocycles. The Labute approximate surface area is 103 Å². The molecule has 2 N–H and O–H groups in total. The normalized spacial score (nSPS) is 21.6. The molecular weight excluding hydrogens is 218 g/mol. The molecular formula is C12H23N3O2. The first-order chi connectivity index (χ1) is 7.80. The summed E-state index contributed by atoms with van der Waals surface area (Å²) in [6.45, 7) is 7.25. The van der Waals surface area contributed by atoms with Crippen LogP contribution in [-0.4, -0.2) is 53.8 Å². The second-order valence-electron chi connectivity index (χ2n) is 5.38. The van der Waals surface area contributed by atoms with Crippen LogP contribution in [0.4, 0.5) is 0 Å². The molecule has 1 atom stereocenters. The maximum Gasteiger partial charge on any atom is 0.247 e. The van der Waals surface area contributed by atoms with Crippen molar-refractivity contribution in [3.05, 3.63) is 0 Å². The molecule has 5 heteroatoms. The highest BCUT2D eigenvalue weighted by Crippen LogP contribution is 2.23. The van der Waals surface area contributed by atoms with Crippen molar-refractivity contribution in [2.75, 3.05) is 26.7 Å². The van der Waals surface area contributed by atoms with E-state index in [0.717, 1.165) is 0 Å². The molecule has 1 unspecified atom stereocenters. The molecule has 0 saturated carbocycles. The highest BCUT2D eigenvalue weighted by molar-refractivity contribution is 5.91. The minimum Gasteiger partial charge on any atom is -0.342 e. The van der Waals surface area contributed by atoms with Crippen LogP contribution >= 0.6 is 0 Å². The molecule has 1 aliphatic rings. The number of nitrogens with two attached hydrogens (primary N) is 1. The molecule has 5 nitrogen and oxygen atoms in total. The molecule has 17 heavy (non-hydrogen) atoms.